The van der Waals surface area contributed by atoms with E-state index < -0.39 is 6.36 Å². The van der Waals surface area contributed by atoms with E-state index in [9.17, 15) is 18.0 Å². The number of rotatable bonds is 11. The lowest BCUT2D eigenvalue weighted by Gasteiger charge is -2.28. The molecule has 1 fully saturated rings. The van der Waals surface area contributed by atoms with Crippen molar-refractivity contribution in [3.63, 3.8) is 0 Å². The van der Waals surface area contributed by atoms with E-state index in [-0.39, 0.29) is 41.6 Å². The number of carbonyl (C=O) groups is 1. The van der Waals surface area contributed by atoms with Gasteiger partial charge in [-0.3, -0.25) is 4.79 Å². The van der Waals surface area contributed by atoms with Crippen molar-refractivity contribution in [3.8, 4) is 5.75 Å². The zero-order chi connectivity index (χ0) is 28.5. The first kappa shape index (κ1) is 28.9. The number of para-hydroxylation sites is 1. The average molecular weight is 558 g/mol. The molecule has 4 rings (SSSR count). The van der Waals surface area contributed by atoms with Gasteiger partial charge in [-0.15, -0.1) is 13.2 Å². The number of amides is 1. The highest BCUT2D eigenvalue weighted by atomic mass is 19.4. The molecule has 1 saturated carbocycles. The largest absolute Gasteiger partial charge is 0.573 e. The first-order valence-corrected chi connectivity index (χ1v) is 13.3. The molecule has 3 aromatic rings. The van der Waals surface area contributed by atoms with Crippen LogP contribution in [0, 0.1) is 5.92 Å². The summed E-state index contributed by atoms with van der Waals surface area (Å²) in [6, 6.07) is 16.1. The van der Waals surface area contributed by atoms with E-state index in [0.29, 0.717) is 37.2 Å². The lowest BCUT2D eigenvalue weighted by molar-refractivity contribution is -0.274. The van der Waals surface area contributed by atoms with Gasteiger partial charge in [-0.2, -0.15) is 15.0 Å². The second kappa shape index (κ2) is 13.3. The maximum Gasteiger partial charge on any atom is 0.573 e. The number of benzene rings is 2. The smallest absolute Gasteiger partial charge is 0.405 e. The number of halogens is 3. The van der Waals surface area contributed by atoms with Crippen LogP contribution in [0.1, 0.15) is 49.7 Å². The molecule has 1 atom stereocenters. The molecule has 0 unspecified atom stereocenters. The quantitative estimate of drug-likeness (QED) is 0.251. The Morgan fingerprint density at radius 1 is 0.950 bits per heavy atom. The molecule has 12 heteroatoms. The number of anilines is 3. The van der Waals surface area contributed by atoms with Gasteiger partial charge in [0.1, 0.15) is 5.75 Å². The fourth-order valence-electron chi connectivity index (χ4n) is 4.66. The predicted octanol–water partition coefficient (Wildman–Crippen LogP) is 5.31. The van der Waals surface area contributed by atoms with Gasteiger partial charge in [-0.1, -0.05) is 55.5 Å². The molecule has 4 N–H and O–H groups in total. The molecule has 0 saturated heterocycles. The molecule has 1 amide bonds. The predicted molar refractivity (Wildman–Crippen MR) is 147 cm³/mol. The van der Waals surface area contributed by atoms with Crippen LogP contribution in [-0.4, -0.2) is 46.9 Å². The third-order valence-electron chi connectivity index (χ3n) is 6.88. The van der Waals surface area contributed by atoms with Crippen molar-refractivity contribution >= 4 is 23.8 Å². The molecule has 40 heavy (non-hydrogen) atoms. The molecular weight excluding hydrogens is 523 g/mol. The highest BCUT2D eigenvalue weighted by molar-refractivity contribution is 5.78. The molecule has 1 heterocycles. The molecule has 9 nitrogen and oxygen atoms in total. The van der Waals surface area contributed by atoms with E-state index in [4.69, 9.17) is 0 Å². The van der Waals surface area contributed by atoms with Crippen molar-refractivity contribution in [3.05, 3.63) is 65.7 Å². The second-order valence-corrected chi connectivity index (χ2v) is 9.82. The summed E-state index contributed by atoms with van der Waals surface area (Å²) in [6.07, 6.45) is -2.09. The number of hydrogen-bond donors (Lipinski definition) is 4. The maximum absolute atomic E-state index is 12.7. The van der Waals surface area contributed by atoms with Crippen LogP contribution in [0.4, 0.5) is 31.0 Å². The van der Waals surface area contributed by atoms with Crippen LogP contribution < -0.4 is 26.0 Å². The number of nitrogens with zero attached hydrogens (tertiary/aromatic N) is 3. The molecule has 0 aliphatic heterocycles. The van der Waals surface area contributed by atoms with Crippen LogP contribution in [0.3, 0.4) is 0 Å². The fraction of sp³-hybridized carbons (Fsp3) is 0.429. The number of aromatic nitrogens is 3. The molecule has 1 aliphatic rings. The summed E-state index contributed by atoms with van der Waals surface area (Å²) in [5, 5.41) is 12.4. The van der Waals surface area contributed by atoms with Gasteiger partial charge in [-0.25, -0.2) is 0 Å². The normalized spacial score (nSPS) is 17.9. The Balaban J connectivity index is 1.27. The molecule has 2 aromatic carbocycles. The summed E-state index contributed by atoms with van der Waals surface area (Å²) in [7, 11) is 1.74. The van der Waals surface area contributed by atoms with Gasteiger partial charge in [0.25, 0.3) is 0 Å². The van der Waals surface area contributed by atoms with Crippen molar-refractivity contribution < 1.29 is 22.7 Å². The van der Waals surface area contributed by atoms with Crippen molar-refractivity contribution in [2.24, 2.45) is 5.92 Å². The van der Waals surface area contributed by atoms with Crippen LogP contribution >= 0.6 is 0 Å². The van der Waals surface area contributed by atoms with E-state index in [2.05, 4.69) is 60.0 Å². The van der Waals surface area contributed by atoms with Crippen molar-refractivity contribution in [2.45, 2.75) is 57.5 Å². The minimum atomic E-state index is -4.80. The first-order valence-electron chi connectivity index (χ1n) is 13.3. The van der Waals surface area contributed by atoms with E-state index in [1.165, 1.54) is 23.8 Å². The van der Waals surface area contributed by atoms with Crippen LogP contribution in [0.15, 0.2) is 54.6 Å². The summed E-state index contributed by atoms with van der Waals surface area (Å²) >= 11 is 0. The second-order valence-electron chi connectivity index (χ2n) is 9.82. The summed E-state index contributed by atoms with van der Waals surface area (Å²) < 4.78 is 42.1. The van der Waals surface area contributed by atoms with E-state index in [1.54, 1.807) is 13.1 Å². The topological polar surface area (TPSA) is 113 Å². The van der Waals surface area contributed by atoms with Gasteiger partial charge < -0.3 is 26.0 Å². The van der Waals surface area contributed by atoms with Gasteiger partial charge in [-0.05, 0) is 43.2 Å². The highest BCUT2D eigenvalue weighted by Gasteiger charge is 2.32. The number of carbonyl (C=O) groups excluding carboxylic acids is 1. The Kier molecular flexibility index (Phi) is 9.62. The molecule has 1 aromatic heterocycles. The van der Waals surface area contributed by atoms with Crippen molar-refractivity contribution in [1.29, 1.82) is 0 Å². The molecule has 214 valence electrons. The Morgan fingerprint density at radius 3 is 2.30 bits per heavy atom. The molecule has 0 bridgehead atoms. The summed E-state index contributed by atoms with van der Waals surface area (Å²) in [4.78, 5) is 26.1. The van der Waals surface area contributed by atoms with Crippen LogP contribution in [0.5, 0.6) is 5.75 Å². The SMILES string of the molecule is CNc1nc(NC[C@H](C)c2ccccc2)nc(NC2CCC(C(=O)NCc3ccccc3OC(F)(F)F)CC2)n1. The molecule has 1 aliphatic carbocycles. The third kappa shape index (κ3) is 8.45. The zero-order valence-corrected chi connectivity index (χ0v) is 22.5. The van der Waals surface area contributed by atoms with E-state index in [0.717, 1.165) is 12.8 Å². The van der Waals surface area contributed by atoms with Gasteiger partial charge in [0.15, 0.2) is 0 Å². The maximum atomic E-state index is 12.7. The standard InChI is InChI=1S/C28H34F3N7O2/c1-18(19-8-4-3-5-9-19)16-34-26-36-25(32-2)37-27(38-26)35-22-14-12-20(13-15-22)24(39)33-17-21-10-6-7-11-23(21)40-28(29,30)31/h3-11,18,20,22H,12-17H2,1-2H3,(H,33,39)(H3,32,34,35,36,37,38)/t18-,20?,22?/m0/s1. The lowest BCUT2D eigenvalue weighted by Crippen LogP contribution is -2.36. The van der Waals surface area contributed by atoms with Crippen molar-refractivity contribution in [1.82, 2.24) is 20.3 Å². The molecule has 0 radical (unpaired) electrons. The Hall–Kier alpha value is -4.09. The number of hydrogen-bond acceptors (Lipinski definition) is 8. The Morgan fingerprint density at radius 2 is 1.60 bits per heavy atom. The summed E-state index contributed by atoms with van der Waals surface area (Å²) in [5.41, 5.74) is 1.48. The average Bonchev–Trinajstić information content (AvgIpc) is 2.95. The van der Waals surface area contributed by atoms with E-state index >= 15 is 0 Å². The van der Waals surface area contributed by atoms with Gasteiger partial charge in [0, 0.05) is 37.7 Å². The van der Waals surface area contributed by atoms with Gasteiger partial charge in [0.2, 0.25) is 23.8 Å². The highest BCUT2D eigenvalue weighted by Crippen LogP contribution is 2.28. The molecule has 0 spiro atoms. The van der Waals surface area contributed by atoms with Crippen LogP contribution in [-0.2, 0) is 11.3 Å². The zero-order valence-electron chi connectivity index (χ0n) is 22.5. The Labute approximate surface area is 231 Å². The van der Waals surface area contributed by atoms with E-state index in [1.807, 2.05) is 18.2 Å². The third-order valence-corrected chi connectivity index (χ3v) is 6.88. The fourth-order valence-corrected chi connectivity index (χ4v) is 4.66. The number of alkyl halides is 3. The number of ether oxygens (including phenoxy) is 1. The van der Waals surface area contributed by atoms with Crippen LogP contribution in [0.25, 0.3) is 0 Å². The minimum Gasteiger partial charge on any atom is -0.405 e. The minimum absolute atomic E-state index is 0.0421. The lowest BCUT2D eigenvalue weighted by atomic mass is 9.85. The van der Waals surface area contributed by atoms with Gasteiger partial charge >= 0.3 is 6.36 Å². The Bertz CT molecular complexity index is 1250. The molecular formula is C28H34F3N7O2. The van der Waals surface area contributed by atoms with Gasteiger partial charge in [0.05, 0.1) is 0 Å². The summed E-state index contributed by atoms with van der Waals surface area (Å²) in [6.45, 7) is 2.74. The van der Waals surface area contributed by atoms with Crippen molar-refractivity contribution in [2.75, 3.05) is 29.5 Å². The van der Waals surface area contributed by atoms with Crippen LogP contribution in [0.2, 0.25) is 0 Å². The first-order chi connectivity index (χ1) is 19.2. The number of nitrogens with one attached hydrogen (secondary N) is 4. The monoisotopic (exact) mass is 557 g/mol. The summed E-state index contributed by atoms with van der Waals surface area (Å²) in [5.74, 6) is 0.893.